The lowest BCUT2D eigenvalue weighted by Crippen LogP contribution is -2.33. The fourth-order valence-electron chi connectivity index (χ4n) is 1.47. The topological polar surface area (TPSA) is 114 Å². The van der Waals surface area contributed by atoms with Crippen molar-refractivity contribution >= 4 is 16.1 Å². The van der Waals surface area contributed by atoms with E-state index < -0.39 is 10.4 Å². The molecule has 0 spiro atoms. The van der Waals surface area contributed by atoms with Crippen molar-refractivity contribution in [2.45, 2.75) is 19.9 Å². The van der Waals surface area contributed by atoms with Crippen LogP contribution in [-0.2, 0) is 10.4 Å². The van der Waals surface area contributed by atoms with Crippen LogP contribution in [0.2, 0.25) is 0 Å². The van der Waals surface area contributed by atoms with Crippen LogP contribution in [0.25, 0.3) is 5.53 Å². The molecule has 0 heterocycles. The van der Waals surface area contributed by atoms with Crippen molar-refractivity contribution in [1.29, 1.82) is 0 Å². The predicted octanol–water partition coefficient (Wildman–Crippen LogP) is 0.841. The van der Waals surface area contributed by atoms with Gasteiger partial charge in [-0.05, 0) is 13.1 Å². The molecule has 0 saturated carbocycles. The van der Waals surface area contributed by atoms with E-state index in [1.165, 1.54) is 0 Å². The second-order valence-corrected chi connectivity index (χ2v) is 4.30. The summed E-state index contributed by atoms with van der Waals surface area (Å²) in [5.74, 6) is 0. The molecule has 18 heavy (non-hydrogen) atoms. The monoisotopic (exact) mass is 275 g/mol. The Kier molecular flexibility index (Phi) is 7.33. The highest BCUT2D eigenvalue weighted by molar-refractivity contribution is 7.79. The van der Waals surface area contributed by atoms with E-state index in [-0.39, 0.29) is 0 Å². The second-order valence-electron chi connectivity index (χ2n) is 3.40. The van der Waals surface area contributed by atoms with Gasteiger partial charge in [0.05, 0.1) is 0 Å². The third-order valence-electron chi connectivity index (χ3n) is 2.28. The van der Waals surface area contributed by atoms with Gasteiger partial charge in [0, 0.05) is 18.2 Å². The number of hydrogen-bond donors (Lipinski definition) is 2. The lowest BCUT2D eigenvalue weighted by molar-refractivity contribution is -0.00174. The number of nitrogens with zero attached hydrogens (tertiary/aromatic N) is 3. The van der Waals surface area contributed by atoms with E-state index >= 15 is 0 Å². The lowest BCUT2D eigenvalue weighted by atomic mass is 10.1. The number of rotatable bonds is 3. The Morgan fingerprint density at radius 3 is 1.94 bits per heavy atom. The predicted molar refractivity (Wildman–Crippen MR) is 67.8 cm³/mol. The average molecular weight is 275 g/mol. The fraction of sp³-hybridized carbons (Fsp3) is 0.500. The molecule has 1 aliphatic carbocycles. The van der Waals surface area contributed by atoms with E-state index in [1.807, 2.05) is 24.3 Å². The van der Waals surface area contributed by atoms with Gasteiger partial charge in [-0.1, -0.05) is 26.0 Å². The zero-order valence-electron chi connectivity index (χ0n) is 10.3. The molecule has 2 N–H and O–H groups in total. The van der Waals surface area contributed by atoms with Gasteiger partial charge in [0.2, 0.25) is 0 Å². The van der Waals surface area contributed by atoms with E-state index in [0.29, 0.717) is 11.8 Å². The maximum atomic E-state index is 8.74. The summed E-state index contributed by atoms with van der Waals surface area (Å²) in [6.07, 6.45) is 7.76. The van der Waals surface area contributed by atoms with Crippen molar-refractivity contribution in [2.75, 3.05) is 13.1 Å². The summed E-state index contributed by atoms with van der Waals surface area (Å²) < 4.78 is 31.6. The highest BCUT2D eigenvalue weighted by Crippen LogP contribution is 2.07. The summed E-state index contributed by atoms with van der Waals surface area (Å²) in [7, 11) is -4.67. The summed E-state index contributed by atoms with van der Waals surface area (Å²) in [6, 6.07) is 0.348. The largest absolute Gasteiger partial charge is 0.394 e. The van der Waals surface area contributed by atoms with Crippen molar-refractivity contribution < 1.29 is 22.3 Å². The first-order chi connectivity index (χ1) is 8.31. The van der Waals surface area contributed by atoms with Crippen LogP contribution >= 0.6 is 0 Å². The molecule has 0 amide bonds. The van der Waals surface area contributed by atoms with Gasteiger partial charge in [-0.25, -0.2) is 0 Å². The summed E-state index contributed by atoms with van der Waals surface area (Å²) >= 11 is 0. The molecular formula is C10H17N3O4S. The van der Waals surface area contributed by atoms with Gasteiger partial charge >= 0.3 is 16.1 Å². The van der Waals surface area contributed by atoms with Crippen molar-refractivity contribution in [3.8, 4) is 0 Å². The SMILES string of the molecule is CCN(CC)C1C=CC(=[N+]=[N-])C=C1.O=S(=O)(O)O. The molecule has 0 aliphatic heterocycles. The van der Waals surface area contributed by atoms with E-state index in [0.717, 1.165) is 13.1 Å². The van der Waals surface area contributed by atoms with Gasteiger partial charge < -0.3 is 5.53 Å². The van der Waals surface area contributed by atoms with Crippen molar-refractivity contribution in [3.63, 3.8) is 0 Å². The summed E-state index contributed by atoms with van der Waals surface area (Å²) in [6.45, 7) is 6.34. The third kappa shape index (κ3) is 7.88. The zero-order chi connectivity index (χ0) is 14.2. The Labute approximate surface area is 107 Å². The summed E-state index contributed by atoms with van der Waals surface area (Å²) in [5.41, 5.74) is 9.12. The Bertz CT molecular complexity index is 436. The van der Waals surface area contributed by atoms with E-state index in [9.17, 15) is 0 Å². The third-order valence-corrected chi connectivity index (χ3v) is 2.28. The molecule has 0 atom stereocenters. The second kappa shape index (κ2) is 7.91. The molecule has 0 aromatic rings. The first-order valence-electron chi connectivity index (χ1n) is 5.34. The highest BCUT2D eigenvalue weighted by atomic mass is 32.3. The molecule has 8 heteroatoms. The first kappa shape index (κ1) is 16.7. The molecule has 0 radical (unpaired) electrons. The van der Waals surface area contributed by atoms with Gasteiger partial charge in [-0.15, -0.1) is 0 Å². The maximum Gasteiger partial charge on any atom is 0.394 e. The summed E-state index contributed by atoms with van der Waals surface area (Å²) in [5, 5.41) is 0. The molecule has 0 bridgehead atoms. The molecule has 0 saturated heterocycles. The minimum Gasteiger partial charge on any atom is -0.361 e. The van der Waals surface area contributed by atoms with Crippen LogP contribution in [0.1, 0.15) is 13.8 Å². The standard InChI is InChI=1S/C10H15N3.H2O4S/c1-3-13(4-2)10-7-5-9(12-11)6-8-10;1-5(2,3)4/h5-8,10H,3-4H2,1-2H3;(H2,1,2,3,4). The molecule has 102 valence electrons. The van der Waals surface area contributed by atoms with Crippen LogP contribution in [-0.4, -0.2) is 52.1 Å². The molecule has 0 unspecified atom stereocenters. The lowest BCUT2D eigenvalue weighted by Gasteiger charge is -2.24. The van der Waals surface area contributed by atoms with E-state index in [1.54, 1.807) is 0 Å². The number of likely N-dealkylation sites (N-methyl/N-ethyl adjacent to an activating group) is 1. The number of allylic oxidation sites excluding steroid dienone is 2. The fourth-order valence-corrected chi connectivity index (χ4v) is 1.47. The quantitative estimate of drug-likeness (QED) is 0.450. The van der Waals surface area contributed by atoms with Gasteiger partial charge in [0.25, 0.3) is 0 Å². The minimum absolute atomic E-state index is 0.348. The molecular weight excluding hydrogens is 258 g/mol. The van der Waals surface area contributed by atoms with Crippen LogP contribution in [0.5, 0.6) is 0 Å². The minimum atomic E-state index is -4.67. The van der Waals surface area contributed by atoms with Crippen molar-refractivity contribution in [2.24, 2.45) is 0 Å². The van der Waals surface area contributed by atoms with Gasteiger partial charge in [0.15, 0.2) is 0 Å². The van der Waals surface area contributed by atoms with E-state index in [2.05, 4.69) is 23.5 Å². The smallest absolute Gasteiger partial charge is 0.361 e. The van der Waals surface area contributed by atoms with Gasteiger partial charge in [-0.3, -0.25) is 14.0 Å². The first-order valence-corrected chi connectivity index (χ1v) is 6.73. The molecule has 0 fully saturated rings. The highest BCUT2D eigenvalue weighted by Gasteiger charge is 2.13. The van der Waals surface area contributed by atoms with Gasteiger partial charge in [-0.2, -0.15) is 13.2 Å². The Balaban J connectivity index is 0.000000494. The van der Waals surface area contributed by atoms with Gasteiger partial charge in [0.1, 0.15) is 0 Å². The molecule has 1 rings (SSSR count). The Morgan fingerprint density at radius 2 is 1.67 bits per heavy atom. The zero-order valence-corrected chi connectivity index (χ0v) is 11.1. The maximum absolute atomic E-state index is 8.74. The van der Waals surface area contributed by atoms with Crippen molar-refractivity contribution in [1.82, 2.24) is 4.90 Å². The van der Waals surface area contributed by atoms with Crippen molar-refractivity contribution in [3.05, 3.63) is 29.8 Å². The molecule has 7 nitrogen and oxygen atoms in total. The number of hydrogen-bond acceptors (Lipinski definition) is 3. The molecule has 0 aromatic heterocycles. The molecule has 0 aromatic carbocycles. The van der Waals surface area contributed by atoms with Crippen LogP contribution in [0.15, 0.2) is 24.3 Å². The van der Waals surface area contributed by atoms with Crippen LogP contribution in [0.3, 0.4) is 0 Å². The van der Waals surface area contributed by atoms with Crippen LogP contribution in [0, 0.1) is 0 Å². The average Bonchev–Trinajstić information content (AvgIpc) is 2.29. The van der Waals surface area contributed by atoms with Crippen LogP contribution < -0.4 is 0 Å². The summed E-state index contributed by atoms with van der Waals surface area (Å²) in [4.78, 5) is 5.44. The Hall–Kier alpha value is -1.31. The normalized spacial score (nSPS) is 18.3. The van der Waals surface area contributed by atoms with E-state index in [4.69, 9.17) is 23.1 Å². The van der Waals surface area contributed by atoms with Crippen LogP contribution in [0.4, 0.5) is 0 Å². The molecule has 1 aliphatic rings. The Morgan fingerprint density at radius 1 is 1.28 bits per heavy atom.